The Kier molecular flexibility index (Phi) is 4.46. The van der Waals surface area contributed by atoms with Crippen molar-refractivity contribution in [3.63, 3.8) is 0 Å². The smallest absolute Gasteiger partial charge is 0.335 e. The van der Waals surface area contributed by atoms with Crippen molar-refractivity contribution >= 4 is 11.5 Å². The molecule has 142 valence electrons. The fourth-order valence-corrected chi connectivity index (χ4v) is 4.22. The Balaban J connectivity index is 2.31. The number of aromatic hydroxyl groups is 1. The van der Waals surface area contributed by atoms with Gasteiger partial charge in [0.25, 0.3) is 0 Å². The number of phenols is 1. The first-order valence-corrected chi connectivity index (χ1v) is 9.35. The summed E-state index contributed by atoms with van der Waals surface area (Å²) < 4.78 is 0. The molecule has 2 aromatic carbocycles. The van der Waals surface area contributed by atoms with Crippen LogP contribution in [0.2, 0.25) is 0 Å². The number of carboxylic acids is 1. The number of aliphatic carboxylic acids is 1. The van der Waals surface area contributed by atoms with Gasteiger partial charge in [-0.2, -0.15) is 0 Å². The van der Waals surface area contributed by atoms with E-state index in [-0.39, 0.29) is 27.7 Å². The molecule has 2 aromatic rings. The zero-order valence-electron chi connectivity index (χ0n) is 16.8. The molecule has 3 nitrogen and oxygen atoms in total. The maximum Gasteiger partial charge on any atom is 0.335 e. The monoisotopic (exact) mass is 364 g/mol. The second kappa shape index (κ2) is 6.26. The first-order chi connectivity index (χ1) is 12.4. The first kappa shape index (κ1) is 19.2. The lowest BCUT2D eigenvalue weighted by molar-refractivity contribution is -0.130. The molecule has 2 N–H and O–H groups in total. The van der Waals surface area contributed by atoms with E-state index in [1.54, 1.807) is 12.1 Å². The number of carbonyl (C=O) groups is 1. The molecule has 0 spiro atoms. The van der Waals surface area contributed by atoms with Gasteiger partial charge in [0.15, 0.2) is 0 Å². The van der Waals surface area contributed by atoms with Crippen molar-refractivity contribution in [2.24, 2.45) is 0 Å². The topological polar surface area (TPSA) is 57.5 Å². The average molecular weight is 364 g/mol. The van der Waals surface area contributed by atoms with E-state index in [1.807, 2.05) is 6.07 Å². The van der Waals surface area contributed by atoms with Crippen molar-refractivity contribution in [2.45, 2.75) is 58.3 Å². The van der Waals surface area contributed by atoms with Crippen LogP contribution in [0.4, 0.5) is 0 Å². The minimum atomic E-state index is -1.13. The van der Waals surface area contributed by atoms with Crippen LogP contribution in [-0.4, -0.2) is 16.2 Å². The van der Waals surface area contributed by atoms with Gasteiger partial charge < -0.3 is 10.2 Å². The zero-order chi connectivity index (χ0) is 20.1. The molecule has 0 saturated carbocycles. The molecule has 0 heterocycles. The lowest BCUT2D eigenvalue weighted by atomic mass is 9.61. The van der Waals surface area contributed by atoms with Crippen molar-refractivity contribution in [3.05, 3.63) is 59.2 Å². The Bertz CT molecular complexity index is 948. The van der Waals surface area contributed by atoms with Crippen molar-refractivity contribution < 1.29 is 15.0 Å². The Morgan fingerprint density at radius 3 is 2.30 bits per heavy atom. The van der Waals surface area contributed by atoms with Gasteiger partial charge in [-0.3, -0.25) is 0 Å². The van der Waals surface area contributed by atoms with Crippen LogP contribution in [0.25, 0.3) is 16.7 Å². The molecule has 0 amide bonds. The predicted molar refractivity (Wildman–Crippen MR) is 110 cm³/mol. The van der Waals surface area contributed by atoms with Crippen LogP contribution in [0, 0.1) is 6.92 Å². The number of carboxylic acid groups (broad SMARTS) is 1. The SMILES string of the molecule is C=C(C(=O)O)c1cc(-c2cc(C)cc3c2C(C)(C)CCC3(C)C)ccc1O. The largest absolute Gasteiger partial charge is 0.507 e. The maximum atomic E-state index is 11.4. The van der Waals surface area contributed by atoms with Gasteiger partial charge >= 0.3 is 5.97 Å². The molecule has 0 aliphatic heterocycles. The molecule has 0 bridgehead atoms. The van der Waals surface area contributed by atoms with Gasteiger partial charge in [-0.25, -0.2) is 4.79 Å². The van der Waals surface area contributed by atoms with Crippen molar-refractivity contribution in [2.75, 3.05) is 0 Å². The lowest BCUT2D eigenvalue weighted by Crippen LogP contribution is -2.34. The number of rotatable bonds is 3. The summed E-state index contributed by atoms with van der Waals surface area (Å²) >= 11 is 0. The molecule has 3 rings (SSSR count). The molecule has 0 fully saturated rings. The Morgan fingerprint density at radius 2 is 1.67 bits per heavy atom. The highest BCUT2D eigenvalue weighted by Crippen LogP contribution is 2.50. The Hall–Kier alpha value is -2.55. The van der Waals surface area contributed by atoms with Gasteiger partial charge in [0.05, 0.1) is 5.57 Å². The van der Waals surface area contributed by atoms with Crippen LogP contribution in [0.15, 0.2) is 36.9 Å². The number of phenolic OH excluding ortho intramolecular Hbond substituents is 1. The summed E-state index contributed by atoms with van der Waals surface area (Å²) in [4.78, 5) is 11.4. The molecule has 0 aromatic heterocycles. The van der Waals surface area contributed by atoms with Gasteiger partial charge in [-0.1, -0.05) is 58.0 Å². The summed E-state index contributed by atoms with van der Waals surface area (Å²) in [6.07, 6.45) is 2.22. The summed E-state index contributed by atoms with van der Waals surface area (Å²) in [5.74, 6) is -1.19. The zero-order valence-corrected chi connectivity index (χ0v) is 16.8. The molecule has 0 radical (unpaired) electrons. The van der Waals surface area contributed by atoms with Crippen LogP contribution in [-0.2, 0) is 15.6 Å². The Morgan fingerprint density at radius 1 is 1.04 bits per heavy atom. The molecular formula is C24H28O3. The second-order valence-corrected chi connectivity index (χ2v) is 9.02. The van der Waals surface area contributed by atoms with Crippen LogP contribution < -0.4 is 0 Å². The van der Waals surface area contributed by atoms with Crippen LogP contribution >= 0.6 is 0 Å². The van der Waals surface area contributed by atoms with E-state index in [1.165, 1.54) is 16.7 Å². The van der Waals surface area contributed by atoms with Crippen LogP contribution in [0.3, 0.4) is 0 Å². The van der Waals surface area contributed by atoms with E-state index in [4.69, 9.17) is 0 Å². The van der Waals surface area contributed by atoms with Crippen molar-refractivity contribution in [1.29, 1.82) is 0 Å². The molecule has 27 heavy (non-hydrogen) atoms. The minimum Gasteiger partial charge on any atom is -0.507 e. The highest BCUT2D eigenvalue weighted by atomic mass is 16.4. The number of aryl methyl sites for hydroxylation is 1. The highest BCUT2D eigenvalue weighted by Gasteiger charge is 2.39. The normalized spacial score (nSPS) is 17.2. The first-order valence-electron chi connectivity index (χ1n) is 9.35. The van der Waals surface area contributed by atoms with Crippen molar-refractivity contribution in [3.8, 4) is 16.9 Å². The standard InChI is InChI=1S/C24H28O3/c1-14-11-18(16-7-8-20(25)17(13-16)15(2)22(26)27)21-19(12-14)23(3,4)9-10-24(21,5)6/h7-8,11-13,25H,2,9-10H2,1,3-6H3,(H,26,27). The average Bonchev–Trinajstić information content (AvgIpc) is 2.58. The number of hydrogen-bond donors (Lipinski definition) is 2. The third-order valence-electron chi connectivity index (χ3n) is 5.95. The molecular weight excluding hydrogens is 336 g/mol. The molecule has 0 atom stereocenters. The maximum absolute atomic E-state index is 11.4. The fraction of sp³-hybridized carbons (Fsp3) is 0.375. The fourth-order valence-electron chi connectivity index (χ4n) is 4.22. The Labute approximate surface area is 161 Å². The molecule has 1 aliphatic carbocycles. The number of hydrogen-bond acceptors (Lipinski definition) is 2. The summed E-state index contributed by atoms with van der Waals surface area (Å²) in [6.45, 7) is 14.8. The van der Waals surface area contributed by atoms with Gasteiger partial charge in [0.2, 0.25) is 0 Å². The summed E-state index contributed by atoms with van der Waals surface area (Å²) in [5.41, 5.74) is 6.17. The van der Waals surface area contributed by atoms with Gasteiger partial charge in [-0.15, -0.1) is 0 Å². The minimum absolute atomic E-state index is 0.0236. The molecule has 0 unspecified atom stereocenters. The second-order valence-electron chi connectivity index (χ2n) is 9.02. The third kappa shape index (κ3) is 3.27. The molecule has 3 heteroatoms. The van der Waals surface area contributed by atoms with Crippen LogP contribution in [0.5, 0.6) is 5.75 Å². The van der Waals surface area contributed by atoms with Gasteiger partial charge in [-0.05, 0) is 65.0 Å². The summed E-state index contributed by atoms with van der Waals surface area (Å²) in [6, 6.07) is 9.63. The molecule has 1 aliphatic rings. The number of fused-ring (bicyclic) bond motifs is 1. The predicted octanol–water partition coefficient (Wildman–Crippen LogP) is 5.81. The van der Waals surface area contributed by atoms with E-state index in [0.717, 1.165) is 24.0 Å². The summed E-state index contributed by atoms with van der Waals surface area (Å²) in [7, 11) is 0. The van der Waals surface area contributed by atoms with Crippen LogP contribution in [0.1, 0.15) is 62.8 Å². The quantitative estimate of drug-likeness (QED) is 0.675. The molecule has 0 saturated heterocycles. The van der Waals surface area contributed by atoms with E-state index in [0.29, 0.717) is 0 Å². The van der Waals surface area contributed by atoms with E-state index in [2.05, 4.69) is 53.3 Å². The number of benzene rings is 2. The lowest BCUT2D eigenvalue weighted by Gasteiger charge is -2.43. The van der Waals surface area contributed by atoms with E-state index in [9.17, 15) is 15.0 Å². The summed E-state index contributed by atoms with van der Waals surface area (Å²) in [5, 5.41) is 19.5. The third-order valence-corrected chi connectivity index (χ3v) is 5.95. The van der Waals surface area contributed by atoms with E-state index >= 15 is 0 Å². The van der Waals surface area contributed by atoms with Crippen molar-refractivity contribution in [1.82, 2.24) is 0 Å². The highest BCUT2D eigenvalue weighted by molar-refractivity contribution is 6.15. The van der Waals surface area contributed by atoms with Gasteiger partial charge in [0.1, 0.15) is 5.75 Å². The van der Waals surface area contributed by atoms with E-state index < -0.39 is 5.97 Å². The van der Waals surface area contributed by atoms with Gasteiger partial charge in [0, 0.05) is 5.56 Å².